The van der Waals surface area contributed by atoms with E-state index in [4.69, 9.17) is 14.9 Å². The Kier molecular flexibility index (Phi) is 5.28. The number of nitrogens with two attached hydrogens (primary N) is 1. The zero-order chi connectivity index (χ0) is 14.7. The smallest absolute Gasteiger partial charge is 0.134 e. The largest absolute Gasteiger partial charge is 0.467 e. The minimum atomic E-state index is -0.137. The molecule has 3 nitrogen and oxygen atoms in total. The molecule has 114 valence electrons. The van der Waals surface area contributed by atoms with Gasteiger partial charge in [0.15, 0.2) is 0 Å². The second-order valence-corrected chi connectivity index (χ2v) is 6.80. The first-order valence-electron chi connectivity index (χ1n) is 7.93. The van der Waals surface area contributed by atoms with Crippen LogP contribution in [0.2, 0.25) is 0 Å². The summed E-state index contributed by atoms with van der Waals surface area (Å²) in [5.74, 6) is 2.86. The average molecular weight is 279 g/mol. The lowest BCUT2D eigenvalue weighted by Crippen LogP contribution is -2.38. The first kappa shape index (κ1) is 15.6. The fraction of sp³-hybridized carbons (Fsp3) is 0.765. The Balaban J connectivity index is 2.11. The summed E-state index contributed by atoms with van der Waals surface area (Å²) < 4.78 is 11.9. The lowest BCUT2D eigenvalue weighted by Gasteiger charge is -2.39. The van der Waals surface area contributed by atoms with E-state index in [1.807, 2.05) is 19.1 Å². The van der Waals surface area contributed by atoms with Crippen LogP contribution >= 0.6 is 0 Å². The highest BCUT2D eigenvalue weighted by atomic mass is 16.5. The van der Waals surface area contributed by atoms with E-state index in [1.165, 1.54) is 12.8 Å². The van der Waals surface area contributed by atoms with Gasteiger partial charge in [-0.2, -0.15) is 0 Å². The van der Waals surface area contributed by atoms with E-state index in [0.717, 1.165) is 18.1 Å². The van der Waals surface area contributed by atoms with Crippen LogP contribution in [0, 0.1) is 17.8 Å². The number of ether oxygens (including phenoxy) is 1. The summed E-state index contributed by atoms with van der Waals surface area (Å²) in [5.41, 5.74) is 6.12. The van der Waals surface area contributed by atoms with Gasteiger partial charge in [0.25, 0.3) is 0 Å². The van der Waals surface area contributed by atoms with Gasteiger partial charge >= 0.3 is 0 Å². The molecule has 2 N–H and O–H groups in total. The van der Waals surface area contributed by atoms with E-state index in [9.17, 15) is 0 Å². The van der Waals surface area contributed by atoms with Crippen LogP contribution in [-0.2, 0) is 4.74 Å². The average Bonchev–Trinajstić information content (AvgIpc) is 2.88. The van der Waals surface area contributed by atoms with Crippen molar-refractivity contribution in [3.63, 3.8) is 0 Å². The topological polar surface area (TPSA) is 48.4 Å². The van der Waals surface area contributed by atoms with Gasteiger partial charge in [0.1, 0.15) is 11.9 Å². The molecular formula is C17H29NO2. The maximum Gasteiger partial charge on any atom is 0.134 e. The van der Waals surface area contributed by atoms with Crippen LogP contribution in [0.15, 0.2) is 22.8 Å². The Morgan fingerprint density at radius 2 is 2.05 bits per heavy atom. The molecule has 20 heavy (non-hydrogen) atoms. The van der Waals surface area contributed by atoms with Gasteiger partial charge in [-0.15, -0.1) is 0 Å². The van der Waals surface area contributed by atoms with Crippen molar-refractivity contribution in [2.75, 3.05) is 0 Å². The molecule has 1 aliphatic rings. The molecule has 1 fully saturated rings. The van der Waals surface area contributed by atoms with E-state index >= 15 is 0 Å². The van der Waals surface area contributed by atoms with Crippen molar-refractivity contribution >= 4 is 0 Å². The van der Waals surface area contributed by atoms with Crippen LogP contribution in [0.4, 0.5) is 0 Å². The van der Waals surface area contributed by atoms with Crippen LogP contribution in [0.3, 0.4) is 0 Å². The maximum atomic E-state index is 6.42. The van der Waals surface area contributed by atoms with Crippen LogP contribution in [0.1, 0.15) is 58.8 Å². The van der Waals surface area contributed by atoms with Crippen molar-refractivity contribution in [1.29, 1.82) is 0 Å². The van der Waals surface area contributed by atoms with E-state index in [-0.39, 0.29) is 12.1 Å². The molecule has 1 heterocycles. The highest BCUT2D eigenvalue weighted by Gasteiger charge is 2.34. The third kappa shape index (κ3) is 3.64. The molecule has 0 bridgehead atoms. The van der Waals surface area contributed by atoms with Crippen molar-refractivity contribution in [2.24, 2.45) is 23.5 Å². The Bertz CT molecular complexity index is 386. The van der Waals surface area contributed by atoms with E-state index in [2.05, 4.69) is 20.8 Å². The first-order chi connectivity index (χ1) is 9.49. The summed E-state index contributed by atoms with van der Waals surface area (Å²) >= 11 is 0. The van der Waals surface area contributed by atoms with Gasteiger partial charge in [-0.3, -0.25) is 0 Å². The molecule has 5 unspecified atom stereocenters. The van der Waals surface area contributed by atoms with E-state index in [1.54, 1.807) is 6.26 Å². The molecule has 0 radical (unpaired) electrons. The maximum absolute atomic E-state index is 6.42. The lowest BCUT2D eigenvalue weighted by molar-refractivity contribution is -0.0949. The summed E-state index contributed by atoms with van der Waals surface area (Å²) in [7, 11) is 0. The van der Waals surface area contributed by atoms with Crippen LogP contribution in [-0.4, -0.2) is 12.1 Å². The van der Waals surface area contributed by atoms with Gasteiger partial charge in [0.2, 0.25) is 0 Å². The van der Waals surface area contributed by atoms with Crippen LogP contribution < -0.4 is 5.73 Å². The summed E-state index contributed by atoms with van der Waals surface area (Å²) in [5, 5.41) is 0. The number of hydrogen-bond donors (Lipinski definition) is 1. The van der Waals surface area contributed by atoms with Gasteiger partial charge in [0.05, 0.1) is 12.4 Å². The molecule has 0 aromatic carbocycles. The highest BCUT2D eigenvalue weighted by Crippen LogP contribution is 2.38. The third-order valence-electron chi connectivity index (χ3n) is 4.58. The van der Waals surface area contributed by atoms with Crippen molar-refractivity contribution in [2.45, 2.75) is 65.2 Å². The monoisotopic (exact) mass is 279 g/mol. The van der Waals surface area contributed by atoms with Gasteiger partial charge in [-0.25, -0.2) is 0 Å². The van der Waals surface area contributed by atoms with E-state index < -0.39 is 0 Å². The predicted molar refractivity (Wildman–Crippen MR) is 81.3 cm³/mol. The normalized spacial score (nSPS) is 30.4. The Labute approximate surface area is 122 Å². The Morgan fingerprint density at radius 1 is 1.30 bits per heavy atom. The third-order valence-corrected chi connectivity index (χ3v) is 4.58. The standard InChI is InChI=1S/C17H29NO2/c1-11(2)14-8-7-12(3)10-16(14)20-17(13(4)18)15-6-5-9-19-15/h5-6,9,11-14,16-17H,7-8,10,18H2,1-4H3. The minimum absolute atomic E-state index is 0.0637. The van der Waals surface area contributed by atoms with Gasteiger partial charge < -0.3 is 14.9 Å². The van der Waals surface area contributed by atoms with E-state index in [0.29, 0.717) is 17.9 Å². The molecule has 1 aliphatic carbocycles. The van der Waals surface area contributed by atoms with Crippen molar-refractivity contribution in [3.8, 4) is 0 Å². The predicted octanol–water partition coefficient (Wildman–Crippen LogP) is 4.15. The molecule has 3 heteroatoms. The number of rotatable bonds is 5. The second kappa shape index (κ2) is 6.77. The number of furan rings is 1. The summed E-state index contributed by atoms with van der Waals surface area (Å²) in [6.45, 7) is 8.90. The summed E-state index contributed by atoms with van der Waals surface area (Å²) in [4.78, 5) is 0. The summed E-state index contributed by atoms with van der Waals surface area (Å²) in [6, 6.07) is 3.80. The highest BCUT2D eigenvalue weighted by molar-refractivity contribution is 5.05. The quantitative estimate of drug-likeness (QED) is 0.881. The Hall–Kier alpha value is -0.800. The van der Waals surface area contributed by atoms with Crippen molar-refractivity contribution < 1.29 is 9.15 Å². The molecule has 1 saturated carbocycles. The molecule has 1 aromatic rings. The molecule has 5 atom stereocenters. The molecule has 2 rings (SSSR count). The molecule has 0 saturated heterocycles. The minimum Gasteiger partial charge on any atom is -0.467 e. The molecule has 0 spiro atoms. The van der Waals surface area contributed by atoms with Gasteiger partial charge in [-0.1, -0.05) is 27.2 Å². The van der Waals surface area contributed by atoms with Gasteiger partial charge in [0, 0.05) is 6.04 Å². The zero-order valence-electron chi connectivity index (χ0n) is 13.2. The fourth-order valence-electron chi connectivity index (χ4n) is 3.36. The second-order valence-electron chi connectivity index (χ2n) is 6.80. The zero-order valence-corrected chi connectivity index (χ0v) is 13.2. The van der Waals surface area contributed by atoms with Crippen LogP contribution in [0.5, 0.6) is 0 Å². The fourth-order valence-corrected chi connectivity index (χ4v) is 3.36. The lowest BCUT2D eigenvalue weighted by atomic mass is 9.75. The molecule has 0 amide bonds. The molecule has 0 aliphatic heterocycles. The van der Waals surface area contributed by atoms with Gasteiger partial charge in [-0.05, 0) is 49.7 Å². The number of hydrogen-bond acceptors (Lipinski definition) is 3. The first-order valence-corrected chi connectivity index (χ1v) is 7.93. The van der Waals surface area contributed by atoms with Crippen molar-refractivity contribution in [1.82, 2.24) is 0 Å². The van der Waals surface area contributed by atoms with Crippen LogP contribution in [0.25, 0.3) is 0 Å². The summed E-state index contributed by atoms with van der Waals surface area (Å²) in [6.07, 6.45) is 5.55. The SMILES string of the molecule is CC1CCC(C(C)C)C(OC(c2ccco2)C(C)N)C1. The molecule has 1 aromatic heterocycles. The van der Waals surface area contributed by atoms with Crippen molar-refractivity contribution in [3.05, 3.63) is 24.2 Å². The Morgan fingerprint density at radius 3 is 2.60 bits per heavy atom. The molecular weight excluding hydrogens is 250 g/mol.